The molecule has 46 heavy (non-hydrogen) atoms. The molecule has 0 saturated heterocycles. The molecule has 2 atom stereocenters. The first kappa shape index (κ1) is 30.2. The number of thiocarbonyl (C=S) groups is 1. The number of nitrogens with zero attached hydrogens (tertiary/aromatic N) is 6. The molecule has 11 nitrogen and oxygen atoms in total. The lowest BCUT2D eigenvalue weighted by molar-refractivity contribution is 0.152. The predicted octanol–water partition coefficient (Wildman–Crippen LogP) is 7.61. The Balaban J connectivity index is 1.28. The second-order valence-corrected chi connectivity index (χ2v) is 15.0. The molecule has 1 aliphatic heterocycles. The van der Waals surface area contributed by atoms with E-state index in [-0.39, 0.29) is 11.2 Å². The Kier molecular flexibility index (Phi) is 7.68. The fourth-order valence-corrected chi connectivity index (χ4v) is 8.03. The number of ether oxygens (including phenoxy) is 2. The molecule has 13 heteroatoms. The van der Waals surface area contributed by atoms with E-state index in [1.165, 1.54) is 6.33 Å². The van der Waals surface area contributed by atoms with E-state index in [1.54, 1.807) is 49.1 Å². The zero-order chi connectivity index (χ0) is 32.1. The van der Waals surface area contributed by atoms with Crippen LogP contribution in [0.15, 0.2) is 84.4 Å². The maximum Gasteiger partial charge on any atom is 0.269 e. The van der Waals surface area contributed by atoms with Crippen molar-refractivity contribution >= 4 is 50.4 Å². The molecule has 1 aliphatic carbocycles. The lowest BCUT2D eigenvalue weighted by Gasteiger charge is -2.43. The highest BCUT2D eigenvalue weighted by molar-refractivity contribution is 8.25. The van der Waals surface area contributed by atoms with E-state index in [0.29, 0.717) is 52.2 Å². The number of imidazole rings is 1. The number of benzene rings is 2. The predicted molar refractivity (Wildman–Crippen MR) is 179 cm³/mol. The van der Waals surface area contributed by atoms with Crippen molar-refractivity contribution in [2.75, 3.05) is 5.32 Å². The minimum absolute atomic E-state index is 0.0804. The van der Waals surface area contributed by atoms with Gasteiger partial charge in [-0.05, 0) is 74.7 Å². The maximum atomic E-state index is 11.4. The van der Waals surface area contributed by atoms with E-state index < -0.39 is 21.4 Å². The van der Waals surface area contributed by atoms with Crippen LogP contribution in [0.4, 0.5) is 11.5 Å². The van der Waals surface area contributed by atoms with Crippen molar-refractivity contribution in [1.29, 1.82) is 5.26 Å². The normalized spacial score (nSPS) is 19.2. The van der Waals surface area contributed by atoms with Crippen LogP contribution in [0, 0.1) is 17.2 Å². The topological polar surface area (TPSA) is 143 Å². The van der Waals surface area contributed by atoms with Gasteiger partial charge in [-0.3, -0.25) is 18.4 Å². The van der Waals surface area contributed by atoms with Crippen molar-refractivity contribution in [2.45, 2.75) is 61.5 Å². The van der Waals surface area contributed by atoms with E-state index >= 15 is 0 Å². The molecule has 3 aromatic heterocycles. The molecule has 0 bridgehead atoms. The third-order valence-electron chi connectivity index (χ3n) is 8.75. The van der Waals surface area contributed by atoms with Crippen molar-refractivity contribution < 1.29 is 18.6 Å². The fraction of sp³-hybridized carbons (Fsp3) is 0.303. The number of aromatic nitrogens is 5. The Morgan fingerprint density at radius 3 is 2.70 bits per heavy atom. The summed E-state index contributed by atoms with van der Waals surface area (Å²) in [6.07, 6.45) is 8.20. The van der Waals surface area contributed by atoms with Crippen molar-refractivity contribution in [1.82, 2.24) is 24.3 Å². The summed E-state index contributed by atoms with van der Waals surface area (Å²) >= 11 is 5.53. The van der Waals surface area contributed by atoms with Crippen LogP contribution < -0.4 is 10.1 Å². The molecule has 5 aromatic rings. The first-order chi connectivity index (χ1) is 22.2. The second kappa shape index (κ2) is 11.7. The summed E-state index contributed by atoms with van der Waals surface area (Å²) in [6, 6.07) is 19.4. The van der Waals surface area contributed by atoms with E-state index in [2.05, 4.69) is 21.4 Å². The van der Waals surface area contributed by atoms with E-state index in [9.17, 15) is 14.4 Å². The van der Waals surface area contributed by atoms with Gasteiger partial charge in [0.25, 0.3) is 5.17 Å². The quantitative estimate of drug-likeness (QED) is 0.136. The van der Waals surface area contributed by atoms with Gasteiger partial charge in [-0.15, -0.1) is 0 Å². The molecule has 2 aromatic carbocycles. The Morgan fingerprint density at radius 1 is 1.17 bits per heavy atom. The molecule has 236 valence electrons. The number of pyridine rings is 1. The summed E-state index contributed by atoms with van der Waals surface area (Å²) in [5.74, 6) is 1.32. The number of fused-ring (bicyclic) bond motifs is 2. The molecule has 3 N–H and O–H groups in total. The third kappa shape index (κ3) is 5.27. The highest BCUT2D eigenvalue weighted by Gasteiger charge is 2.53. The van der Waals surface area contributed by atoms with E-state index in [0.717, 1.165) is 23.9 Å². The number of rotatable bonds is 9. The summed E-state index contributed by atoms with van der Waals surface area (Å²) in [5.41, 5.74) is 3.08. The van der Waals surface area contributed by atoms with Crippen LogP contribution in [-0.4, -0.2) is 43.3 Å². The van der Waals surface area contributed by atoms with Gasteiger partial charge in [-0.1, -0.05) is 30.3 Å². The Morgan fingerprint density at radius 2 is 1.98 bits per heavy atom. The molecule has 2 aliphatic rings. The maximum absolute atomic E-state index is 11.4. The first-order valence-electron chi connectivity index (χ1n) is 15.0. The highest BCUT2D eigenvalue weighted by atomic mass is 32.3. The molecular formula is C33H33N7O4S2. The Bertz CT molecular complexity index is 1950. The molecule has 1 fully saturated rings. The lowest BCUT2D eigenvalue weighted by Crippen LogP contribution is -2.33. The average Bonchev–Trinajstić information content (AvgIpc) is 3.56. The molecule has 0 amide bonds. The van der Waals surface area contributed by atoms with Gasteiger partial charge in [0.05, 0.1) is 33.7 Å². The number of anilines is 2. The van der Waals surface area contributed by atoms with Gasteiger partial charge in [0.1, 0.15) is 18.3 Å². The van der Waals surface area contributed by atoms with Crippen LogP contribution in [0.5, 0.6) is 5.88 Å². The minimum Gasteiger partial charge on any atom is -0.472 e. The Hall–Kier alpha value is -4.48. The number of nitriles is 1. The van der Waals surface area contributed by atoms with Gasteiger partial charge in [0, 0.05) is 29.8 Å². The van der Waals surface area contributed by atoms with E-state index in [4.69, 9.17) is 26.8 Å². The molecule has 1 unspecified atom stereocenters. The SMILES string of the molecule is CC1(C)C(OC(=S)n2ccnc2)c2cc(Nc3nn([C@H](CC#N)C4CC4)c4ccnc(OCc5ccccc5)c34)ccc2S1(O)O. The summed E-state index contributed by atoms with van der Waals surface area (Å²) in [5, 5.41) is 19.0. The van der Waals surface area contributed by atoms with Gasteiger partial charge in [-0.2, -0.15) is 21.0 Å². The van der Waals surface area contributed by atoms with Gasteiger partial charge in [0.2, 0.25) is 5.88 Å². The van der Waals surface area contributed by atoms with Crippen LogP contribution in [-0.2, 0) is 11.3 Å². The monoisotopic (exact) mass is 655 g/mol. The van der Waals surface area contributed by atoms with Gasteiger partial charge in [0.15, 0.2) is 11.9 Å². The number of nitrogens with one attached hydrogen (secondary N) is 1. The Labute approximate surface area is 273 Å². The van der Waals surface area contributed by atoms with Crippen LogP contribution in [0.1, 0.15) is 56.4 Å². The van der Waals surface area contributed by atoms with Gasteiger partial charge >= 0.3 is 0 Å². The zero-order valence-electron chi connectivity index (χ0n) is 25.3. The van der Waals surface area contributed by atoms with Crippen LogP contribution in [0.25, 0.3) is 10.9 Å². The third-order valence-corrected chi connectivity index (χ3v) is 11.7. The summed E-state index contributed by atoms with van der Waals surface area (Å²) in [6.45, 7) is 3.85. The molecular weight excluding hydrogens is 623 g/mol. The summed E-state index contributed by atoms with van der Waals surface area (Å²) in [7, 11) is -3.25. The lowest BCUT2D eigenvalue weighted by atomic mass is 9.98. The van der Waals surface area contributed by atoms with Gasteiger partial charge in [-0.25, -0.2) is 9.97 Å². The number of hydrogen-bond acceptors (Lipinski definition) is 10. The van der Waals surface area contributed by atoms with Crippen molar-refractivity contribution in [2.24, 2.45) is 5.92 Å². The molecule has 1 saturated carbocycles. The molecule has 7 rings (SSSR count). The first-order valence-corrected chi connectivity index (χ1v) is 16.9. The second-order valence-electron chi connectivity index (χ2n) is 12.1. The number of hydrogen-bond donors (Lipinski definition) is 3. The highest BCUT2D eigenvalue weighted by Crippen LogP contribution is 2.71. The van der Waals surface area contributed by atoms with Crippen molar-refractivity contribution in [3.63, 3.8) is 0 Å². The molecule has 0 spiro atoms. The van der Waals surface area contributed by atoms with Crippen LogP contribution in [0.2, 0.25) is 0 Å². The smallest absolute Gasteiger partial charge is 0.269 e. The largest absolute Gasteiger partial charge is 0.472 e. The summed E-state index contributed by atoms with van der Waals surface area (Å²) < 4.78 is 37.7. The van der Waals surface area contributed by atoms with E-state index in [1.807, 2.05) is 47.1 Å². The van der Waals surface area contributed by atoms with Crippen molar-refractivity contribution in [3.8, 4) is 11.9 Å². The minimum atomic E-state index is -3.25. The summed E-state index contributed by atoms with van der Waals surface area (Å²) in [4.78, 5) is 9.03. The molecule has 0 radical (unpaired) electrons. The standard InChI is InChI=1S/C33H33N7O4S2/c1-33(2)29(44-32(45)39-17-16-35-20-39)24-18-23(10-11-27(24)46(33,41)42)37-30-28-26(40(38-30)25(12-14-34)22-8-9-22)13-15-36-31(28)43-19-21-6-4-3-5-7-21/h3-7,10-11,13,15-18,20,22,25,29,41-42H,8-9,12,19H2,1-2H3,(H,37,38)/t25-,29?/m1/s1. The van der Waals surface area contributed by atoms with Gasteiger partial charge < -0.3 is 14.8 Å². The van der Waals surface area contributed by atoms with Crippen molar-refractivity contribution in [3.05, 3.63) is 90.6 Å². The fourth-order valence-electron chi connectivity index (χ4n) is 6.03. The zero-order valence-corrected chi connectivity index (χ0v) is 26.9. The van der Waals surface area contributed by atoms with Crippen LogP contribution in [0.3, 0.4) is 0 Å². The average molecular weight is 656 g/mol. The van der Waals surface area contributed by atoms with Crippen LogP contribution >= 0.6 is 22.8 Å². The molecule has 4 heterocycles.